The lowest BCUT2D eigenvalue weighted by atomic mass is 10.0. The van der Waals surface area contributed by atoms with Gasteiger partial charge in [-0.1, -0.05) is 12.1 Å². The first-order valence-electron chi connectivity index (χ1n) is 4.79. The molecule has 0 fully saturated rings. The number of nitrogens with zero attached hydrogens (tertiary/aromatic N) is 1. The van der Waals surface area contributed by atoms with E-state index in [9.17, 15) is 0 Å². The van der Waals surface area contributed by atoms with Crippen molar-refractivity contribution in [2.45, 2.75) is 32.2 Å². The molecule has 1 aromatic rings. The molecule has 1 aromatic carbocycles. The van der Waals surface area contributed by atoms with Crippen LogP contribution >= 0.6 is 0 Å². The van der Waals surface area contributed by atoms with Crippen LogP contribution in [0, 0.1) is 6.57 Å². The van der Waals surface area contributed by atoms with Gasteiger partial charge >= 0.3 is 0 Å². The maximum atomic E-state index is 6.97. The molecular formula is C12H13N. The standard InChI is InChI=1S/C12H13N/c1-9(13-2)11-7-6-10-4-3-5-12(10)8-11/h6-9H,3-5H2,1H3. The minimum atomic E-state index is 0.0194. The van der Waals surface area contributed by atoms with Crippen LogP contribution in [0.2, 0.25) is 0 Å². The van der Waals surface area contributed by atoms with E-state index in [-0.39, 0.29) is 6.04 Å². The van der Waals surface area contributed by atoms with Gasteiger partial charge in [0, 0.05) is 12.5 Å². The molecule has 2 rings (SSSR count). The second kappa shape index (κ2) is 3.22. The highest BCUT2D eigenvalue weighted by Crippen LogP contribution is 2.26. The number of aryl methyl sites for hydroxylation is 2. The third-order valence-corrected chi connectivity index (χ3v) is 2.80. The van der Waals surface area contributed by atoms with E-state index in [4.69, 9.17) is 6.57 Å². The van der Waals surface area contributed by atoms with Gasteiger partial charge in [-0.15, -0.1) is 0 Å². The Balaban J connectivity index is 2.37. The van der Waals surface area contributed by atoms with Gasteiger partial charge in [0.25, 0.3) is 0 Å². The summed E-state index contributed by atoms with van der Waals surface area (Å²) in [5.74, 6) is 0. The Morgan fingerprint density at radius 3 is 2.85 bits per heavy atom. The molecule has 1 nitrogen and oxygen atoms in total. The van der Waals surface area contributed by atoms with E-state index in [1.165, 1.54) is 36.0 Å². The van der Waals surface area contributed by atoms with E-state index in [0.29, 0.717) is 0 Å². The van der Waals surface area contributed by atoms with Crippen molar-refractivity contribution in [2.75, 3.05) is 0 Å². The minimum Gasteiger partial charge on any atom is -0.309 e. The van der Waals surface area contributed by atoms with Crippen LogP contribution in [0.5, 0.6) is 0 Å². The molecule has 1 aliphatic carbocycles. The van der Waals surface area contributed by atoms with Crippen LogP contribution in [-0.4, -0.2) is 0 Å². The highest BCUT2D eigenvalue weighted by Gasteiger charge is 2.14. The Morgan fingerprint density at radius 1 is 1.31 bits per heavy atom. The van der Waals surface area contributed by atoms with Crippen molar-refractivity contribution < 1.29 is 0 Å². The molecule has 66 valence electrons. The zero-order valence-corrected chi connectivity index (χ0v) is 7.88. The Kier molecular flexibility index (Phi) is 2.06. The number of hydrogen-bond acceptors (Lipinski definition) is 0. The highest BCUT2D eigenvalue weighted by atomic mass is 14.7. The molecule has 0 aromatic heterocycles. The second-order valence-electron chi connectivity index (χ2n) is 3.69. The quantitative estimate of drug-likeness (QED) is 0.572. The molecule has 0 aliphatic heterocycles. The lowest BCUT2D eigenvalue weighted by molar-refractivity contribution is 0.910. The van der Waals surface area contributed by atoms with Gasteiger partial charge < -0.3 is 4.85 Å². The Bertz CT molecular complexity index is 360. The van der Waals surface area contributed by atoms with Gasteiger partial charge in [0.1, 0.15) is 0 Å². The molecule has 0 N–H and O–H groups in total. The van der Waals surface area contributed by atoms with Crippen LogP contribution in [0.25, 0.3) is 4.85 Å². The Labute approximate surface area is 79.2 Å². The molecular weight excluding hydrogens is 158 g/mol. The van der Waals surface area contributed by atoms with Crippen LogP contribution in [0.15, 0.2) is 18.2 Å². The summed E-state index contributed by atoms with van der Waals surface area (Å²) in [4.78, 5) is 3.53. The average Bonchev–Trinajstić information content (AvgIpc) is 2.63. The molecule has 1 atom stereocenters. The number of fused-ring (bicyclic) bond motifs is 1. The van der Waals surface area contributed by atoms with E-state index >= 15 is 0 Å². The van der Waals surface area contributed by atoms with Crippen molar-refractivity contribution in [1.29, 1.82) is 0 Å². The zero-order valence-electron chi connectivity index (χ0n) is 7.88. The van der Waals surface area contributed by atoms with Crippen molar-refractivity contribution >= 4 is 0 Å². The Morgan fingerprint density at radius 2 is 2.08 bits per heavy atom. The van der Waals surface area contributed by atoms with Gasteiger partial charge in [0.15, 0.2) is 0 Å². The maximum absolute atomic E-state index is 6.97. The molecule has 1 heteroatoms. The number of benzene rings is 1. The fourth-order valence-electron chi connectivity index (χ4n) is 1.93. The zero-order chi connectivity index (χ0) is 9.26. The summed E-state index contributed by atoms with van der Waals surface area (Å²) in [6.45, 7) is 8.93. The predicted molar refractivity (Wildman–Crippen MR) is 53.5 cm³/mol. The van der Waals surface area contributed by atoms with E-state index in [2.05, 4.69) is 23.0 Å². The van der Waals surface area contributed by atoms with Gasteiger partial charge in [-0.2, -0.15) is 0 Å². The Hall–Kier alpha value is -1.29. The summed E-state index contributed by atoms with van der Waals surface area (Å²) in [6.07, 6.45) is 3.71. The summed E-state index contributed by atoms with van der Waals surface area (Å²) in [6, 6.07) is 6.53. The van der Waals surface area contributed by atoms with E-state index in [1.807, 2.05) is 6.92 Å². The predicted octanol–water partition coefficient (Wildman–Crippen LogP) is 3.16. The summed E-state index contributed by atoms with van der Waals surface area (Å²) in [5, 5.41) is 0. The molecule has 0 saturated heterocycles. The largest absolute Gasteiger partial charge is 0.309 e. The normalized spacial score (nSPS) is 16.3. The smallest absolute Gasteiger partial charge is 0.245 e. The average molecular weight is 171 g/mol. The van der Waals surface area contributed by atoms with Crippen LogP contribution in [0.1, 0.15) is 36.1 Å². The fraction of sp³-hybridized carbons (Fsp3) is 0.417. The lowest BCUT2D eigenvalue weighted by Crippen LogP contribution is -1.90. The highest BCUT2D eigenvalue weighted by molar-refractivity contribution is 5.37. The monoisotopic (exact) mass is 171 g/mol. The first-order chi connectivity index (χ1) is 6.31. The molecule has 0 saturated carbocycles. The van der Waals surface area contributed by atoms with Crippen molar-refractivity contribution in [3.63, 3.8) is 0 Å². The van der Waals surface area contributed by atoms with Gasteiger partial charge in [-0.05, 0) is 36.5 Å². The topological polar surface area (TPSA) is 4.36 Å². The van der Waals surface area contributed by atoms with Crippen molar-refractivity contribution in [3.8, 4) is 0 Å². The summed E-state index contributed by atoms with van der Waals surface area (Å²) < 4.78 is 0. The van der Waals surface area contributed by atoms with Gasteiger partial charge in [0.05, 0.1) is 0 Å². The second-order valence-corrected chi connectivity index (χ2v) is 3.69. The fourth-order valence-corrected chi connectivity index (χ4v) is 1.93. The molecule has 0 radical (unpaired) electrons. The van der Waals surface area contributed by atoms with Crippen molar-refractivity contribution in [1.82, 2.24) is 0 Å². The molecule has 0 heterocycles. The molecule has 0 bridgehead atoms. The third-order valence-electron chi connectivity index (χ3n) is 2.80. The SMILES string of the molecule is [C-]#[N+]C(C)c1ccc2c(c1)CCC2. The molecule has 1 aliphatic rings. The van der Waals surface area contributed by atoms with Gasteiger partial charge in [-0.25, -0.2) is 6.57 Å². The van der Waals surface area contributed by atoms with Crippen LogP contribution < -0.4 is 0 Å². The van der Waals surface area contributed by atoms with Gasteiger partial charge in [-0.3, -0.25) is 0 Å². The first-order valence-corrected chi connectivity index (χ1v) is 4.79. The summed E-state index contributed by atoms with van der Waals surface area (Å²) in [7, 11) is 0. The van der Waals surface area contributed by atoms with E-state index < -0.39 is 0 Å². The van der Waals surface area contributed by atoms with Crippen molar-refractivity contribution in [3.05, 3.63) is 46.3 Å². The summed E-state index contributed by atoms with van der Waals surface area (Å²) in [5.41, 5.74) is 4.13. The maximum Gasteiger partial charge on any atom is 0.245 e. The molecule has 0 amide bonds. The number of hydrogen-bond donors (Lipinski definition) is 0. The molecule has 13 heavy (non-hydrogen) atoms. The minimum absolute atomic E-state index is 0.0194. The number of rotatable bonds is 1. The van der Waals surface area contributed by atoms with Gasteiger partial charge in [0.2, 0.25) is 6.04 Å². The molecule has 1 unspecified atom stereocenters. The van der Waals surface area contributed by atoms with Crippen molar-refractivity contribution in [2.24, 2.45) is 0 Å². The first kappa shape index (κ1) is 8.31. The van der Waals surface area contributed by atoms with E-state index in [0.717, 1.165) is 0 Å². The van der Waals surface area contributed by atoms with Crippen LogP contribution in [0.4, 0.5) is 0 Å². The van der Waals surface area contributed by atoms with Crippen LogP contribution in [0.3, 0.4) is 0 Å². The van der Waals surface area contributed by atoms with E-state index in [1.54, 1.807) is 0 Å². The van der Waals surface area contributed by atoms with Crippen LogP contribution in [-0.2, 0) is 12.8 Å². The third kappa shape index (κ3) is 1.45. The lowest BCUT2D eigenvalue weighted by Gasteiger charge is -2.03. The summed E-state index contributed by atoms with van der Waals surface area (Å²) >= 11 is 0. The molecule has 0 spiro atoms.